The number of nitrogens with one attached hydrogen (secondary N) is 1. The molecule has 1 saturated heterocycles. The third kappa shape index (κ3) is 8.00. The molecule has 0 aromatic heterocycles. The van der Waals surface area contributed by atoms with E-state index in [9.17, 15) is 4.79 Å². The van der Waals surface area contributed by atoms with Crippen LogP contribution in [-0.2, 0) is 16.0 Å². The van der Waals surface area contributed by atoms with Crippen molar-refractivity contribution < 1.29 is 9.53 Å². The molecule has 0 spiro atoms. The van der Waals surface area contributed by atoms with Crippen LogP contribution >= 0.6 is 27.5 Å². The Morgan fingerprint density at radius 3 is 2.56 bits per heavy atom. The van der Waals surface area contributed by atoms with Crippen LogP contribution in [0.4, 0.5) is 0 Å². The van der Waals surface area contributed by atoms with Gasteiger partial charge in [-0.2, -0.15) is 0 Å². The maximum atomic E-state index is 12.2. The molecule has 6 heteroatoms. The van der Waals surface area contributed by atoms with Gasteiger partial charge in [-0.1, -0.05) is 34.5 Å². The highest BCUT2D eigenvalue weighted by Crippen LogP contribution is 2.30. The second kappa shape index (κ2) is 13.3. The van der Waals surface area contributed by atoms with Gasteiger partial charge in [0.1, 0.15) is 6.10 Å². The van der Waals surface area contributed by atoms with Crippen LogP contribution in [0.25, 0.3) is 0 Å². The lowest BCUT2D eigenvalue weighted by Gasteiger charge is -2.33. The van der Waals surface area contributed by atoms with E-state index in [1.807, 2.05) is 13.0 Å². The van der Waals surface area contributed by atoms with Crippen LogP contribution in [0.1, 0.15) is 70.3 Å². The standard InChI is InChI=1S/C26H40BrClN2O2/c1-3-25(32-2)26(31)29-23-9-6-19(7-10-23)5-4-14-30-15-12-20(13-16-30)17-21-18-22(28)8-11-24(21)27/h8,11,18-20,23,25H,3-7,9-10,12-17H2,1-2H3,(H,29,31). The number of carbonyl (C=O) groups is 1. The van der Waals surface area contributed by atoms with E-state index >= 15 is 0 Å². The van der Waals surface area contributed by atoms with Crippen molar-refractivity contribution in [3.05, 3.63) is 33.3 Å². The van der Waals surface area contributed by atoms with E-state index in [0.717, 1.165) is 42.5 Å². The summed E-state index contributed by atoms with van der Waals surface area (Å²) < 4.78 is 6.44. The maximum Gasteiger partial charge on any atom is 0.249 e. The van der Waals surface area contributed by atoms with E-state index in [1.165, 1.54) is 68.2 Å². The van der Waals surface area contributed by atoms with Crippen molar-refractivity contribution >= 4 is 33.4 Å². The van der Waals surface area contributed by atoms with Gasteiger partial charge < -0.3 is 15.0 Å². The van der Waals surface area contributed by atoms with Crippen molar-refractivity contribution in [3.63, 3.8) is 0 Å². The van der Waals surface area contributed by atoms with Crippen molar-refractivity contribution in [2.75, 3.05) is 26.7 Å². The molecule has 1 unspecified atom stereocenters. The number of methoxy groups -OCH3 is 1. The third-order valence-corrected chi connectivity index (χ3v) is 8.46. The van der Waals surface area contributed by atoms with Crippen LogP contribution in [0.15, 0.2) is 22.7 Å². The lowest BCUT2D eigenvalue weighted by molar-refractivity contribution is -0.132. The molecule has 1 aromatic carbocycles. The summed E-state index contributed by atoms with van der Waals surface area (Å²) in [6.45, 7) is 5.67. The first-order chi connectivity index (χ1) is 15.5. The van der Waals surface area contributed by atoms with Gasteiger partial charge in [-0.05, 0) is 119 Å². The number of halogens is 2. The van der Waals surface area contributed by atoms with E-state index in [2.05, 4.69) is 38.3 Å². The Bertz CT molecular complexity index is 712. The minimum absolute atomic E-state index is 0.0598. The average molecular weight is 528 g/mol. The third-order valence-electron chi connectivity index (χ3n) is 7.45. The number of nitrogens with zero attached hydrogens (tertiary/aromatic N) is 1. The molecule has 2 fully saturated rings. The minimum Gasteiger partial charge on any atom is -0.372 e. The number of rotatable bonds is 10. The van der Waals surface area contributed by atoms with Crippen LogP contribution in [0.2, 0.25) is 5.02 Å². The summed E-state index contributed by atoms with van der Waals surface area (Å²) in [4.78, 5) is 14.9. The second-order valence-electron chi connectivity index (χ2n) is 9.73. The molecule has 4 nitrogen and oxygen atoms in total. The molecule has 1 aliphatic carbocycles. The van der Waals surface area contributed by atoms with E-state index < -0.39 is 0 Å². The molecule has 0 radical (unpaired) electrons. The van der Waals surface area contributed by atoms with Crippen molar-refractivity contribution in [1.29, 1.82) is 0 Å². The van der Waals surface area contributed by atoms with Gasteiger partial charge in [0.25, 0.3) is 0 Å². The van der Waals surface area contributed by atoms with Gasteiger partial charge in [-0.3, -0.25) is 4.79 Å². The molecule has 1 atom stereocenters. The Morgan fingerprint density at radius 2 is 1.91 bits per heavy atom. The zero-order valence-corrected chi connectivity index (χ0v) is 22.1. The normalized spacial score (nSPS) is 23.8. The highest BCUT2D eigenvalue weighted by atomic mass is 79.9. The quantitative estimate of drug-likeness (QED) is 0.392. The molecule has 1 heterocycles. The Morgan fingerprint density at radius 1 is 1.19 bits per heavy atom. The van der Waals surface area contributed by atoms with Crippen molar-refractivity contribution in [1.82, 2.24) is 10.2 Å². The molecule has 180 valence electrons. The molecule has 2 aliphatic rings. The number of ether oxygens (including phenoxy) is 1. The highest BCUT2D eigenvalue weighted by molar-refractivity contribution is 9.10. The summed E-state index contributed by atoms with van der Waals surface area (Å²) in [7, 11) is 1.62. The van der Waals surface area contributed by atoms with E-state index in [-0.39, 0.29) is 12.0 Å². The highest BCUT2D eigenvalue weighted by Gasteiger charge is 2.25. The van der Waals surface area contributed by atoms with Crippen LogP contribution < -0.4 is 5.32 Å². The molecule has 1 aromatic rings. The lowest BCUT2D eigenvalue weighted by atomic mass is 9.83. The number of carbonyl (C=O) groups excluding carboxylic acids is 1. The first-order valence-corrected chi connectivity index (χ1v) is 13.6. The molecule has 3 rings (SSSR count). The number of hydrogen-bond donors (Lipinski definition) is 1. The Kier molecular flexibility index (Phi) is 10.8. The van der Waals surface area contributed by atoms with Gasteiger partial charge in [0, 0.05) is 22.6 Å². The summed E-state index contributed by atoms with van der Waals surface area (Å²) in [6, 6.07) is 6.46. The molecular weight excluding hydrogens is 488 g/mol. The van der Waals surface area contributed by atoms with E-state index in [1.54, 1.807) is 7.11 Å². The van der Waals surface area contributed by atoms with E-state index in [0.29, 0.717) is 6.04 Å². The minimum atomic E-state index is -0.302. The molecule has 1 N–H and O–H groups in total. The first kappa shape index (κ1) is 26.0. The van der Waals surface area contributed by atoms with Gasteiger partial charge in [-0.25, -0.2) is 0 Å². The van der Waals surface area contributed by atoms with Gasteiger partial charge in [-0.15, -0.1) is 0 Å². The molecular formula is C26H40BrClN2O2. The molecule has 1 amide bonds. The summed E-state index contributed by atoms with van der Waals surface area (Å²) in [6.07, 6.45) is 11.4. The van der Waals surface area contributed by atoms with Crippen LogP contribution in [0, 0.1) is 11.8 Å². The van der Waals surface area contributed by atoms with Crippen molar-refractivity contribution in [2.45, 2.75) is 83.3 Å². The van der Waals surface area contributed by atoms with Gasteiger partial charge in [0.15, 0.2) is 0 Å². The van der Waals surface area contributed by atoms with Gasteiger partial charge in [0.2, 0.25) is 5.91 Å². The largest absolute Gasteiger partial charge is 0.372 e. The fourth-order valence-corrected chi connectivity index (χ4v) is 5.98. The summed E-state index contributed by atoms with van der Waals surface area (Å²) in [5.41, 5.74) is 1.34. The number of amides is 1. The average Bonchev–Trinajstić information content (AvgIpc) is 2.79. The lowest BCUT2D eigenvalue weighted by Crippen LogP contribution is -2.43. The van der Waals surface area contributed by atoms with Crippen LogP contribution in [-0.4, -0.2) is 49.7 Å². The number of piperidine rings is 1. The molecule has 32 heavy (non-hydrogen) atoms. The fraction of sp³-hybridized carbons (Fsp3) is 0.731. The first-order valence-electron chi connectivity index (χ1n) is 12.5. The monoisotopic (exact) mass is 526 g/mol. The predicted molar refractivity (Wildman–Crippen MR) is 136 cm³/mol. The number of benzene rings is 1. The zero-order chi connectivity index (χ0) is 22.9. The summed E-state index contributed by atoms with van der Waals surface area (Å²) in [5.74, 6) is 1.65. The Hall–Kier alpha value is -0.620. The van der Waals surface area contributed by atoms with Gasteiger partial charge in [0.05, 0.1) is 0 Å². The predicted octanol–water partition coefficient (Wildman–Crippen LogP) is 6.24. The molecule has 1 saturated carbocycles. The fourth-order valence-electron chi connectivity index (χ4n) is 5.38. The number of hydrogen-bond acceptors (Lipinski definition) is 3. The Balaban J connectivity index is 1.28. The van der Waals surface area contributed by atoms with Crippen LogP contribution in [0.3, 0.4) is 0 Å². The summed E-state index contributed by atoms with van der Waals surface area (Å²) >= 11 is 9.85. The molecule has 0 bridgehead atoms. The maximum absolute atomic E-state index is 12.2. The SMILES string of the molecule is CCC(OC)C(=O)NC1CCC(CCCN2CCC(Cc3cc(Cl)ccc3Br)CC2)CC1. The van der Waals surface area contributed by atoms with Gasteiger partial charge >= 0.3 is 0 Å². The second-order valence-corrected chi connectivity index (χ2v) is 11.0. The van der Waals surface area contributed by atoms with Crippen molar-refractivity contribution in [2.24, 2.45) is 11.8 Å². The smallest absolute Gasteiger partial charge is 0.249 e. The topological polar surface area (TPSA) is 41.6 Å². The Labute approximate surface area is 207 Å². The van der Waals surface area contributed by atoms with Crippen LogP contribution in [0.5, 0.6) is 0 Å². The molecule has 1 aliphatic heterocycles. The van der Waals surface area contributed by atoms with Crippen molar-refractivity contribution in [3.8, 4) is 0 Å². The zero-order valence-electron chi connectivity index (χ0n) is 19.8. The summed E-state index contributed by atoms with van der Waals surface area (Å²) in [5, 5.41) is 4.03. The van der Waals surface area contributed by atoms with E-state index in [4.69, 9.17) is 16.3 Å². The number of likely N-dealkylation sites (tertiary alicyclic amines) is 1.